The summed E-state index contributed by atoms with van der Waals surface area (Å²) in [6.07, 6.45) is 1.76. The van der Waals surface area contributed by atoms with Gasteiger partial charge < -0.3 is 4.98 Å². The molecule has 2 heterocycles. The highest BCUT2D eigenvalue weighted by atomic mass is 19.1. The van der Waals surface area contributed by atoms with Crippen LogP contribution in [0.2, 0.25) is 6.82 Å². The van der Waals surface area contributed by atoms with Gasteiger partial charge in [-0.05, 0) is 11.5 Å². The largest absolute Gasteiger partial charge is 0.346 e. The summed E-state index contributed by atoms with van der Waals surface area (Å²) in [5, 5.41) is 0.966. The molecule has 0 radical (unpaired) electrons. The molecule has 2 aromatic rings. The van der Waals surface area contributed by atoms with E-state index in [1.807, 2.05) is 19.0 Å². The van der Waals surface area contributed by atoms with Crippen molar-refractivity contribution in [2.24, 2.45) is 0 Å². The van der Waals surface area contributed by atoms with E-state index < -0.39 is 0 Å². The standard InChI is InChI=1S/C8H8BFN2/c1-9-6-4-5-2-3-11-8(5)12-7(6)10/h2-4,9H,1H3,(H,11,12). The first-order chi connectivity index (χ1) is 5.81. The Bertz CT molecular complexity index is 410. The molecular weight excluding hydrogens is 154 g/mol. The van der Waals surface area contributed by atoms with E-state index in [4.69, 9.17) is 0 Å². The van der Waals surface area contributed by atoms with E-state index in [1.54, 1.807) is 6.20 Å². The zero-order chi connectivity index (χ0) is 8.55. The van der Waals surface area contributed by atoms with Crippen molar-refractivity contribution in [3.63, 3.8) is 0 Å². The van der Waals surface area contributed by atoms with Crippen molar-refractivity contribution in [1.82, 2.24) is 9.97 Å². The van der Waals surface area contributed by atoms with Crippen molar-refractivity contribution in [3.05, 3.63) is 24.3 Å². The normalized spacial score (nSPS) is 10.5. The van der Waals surface area contributed by atoms with Crippen LogP contribution in [-0.2, 0) is 0 Å². The molecule has 2 nitrogen and oxygen atoms in total. The van der Waals surface area contributed by atoms with Crippen molar-refractivity contribution in [1.29, 1.82) is 0 Å². The molecule has 0 spiro atoms. The third-order valence-electron chi connectivity index (χ3n) is 1.94. The van der Waals surface area contributed by atoms with Crippen molar-refractivity contribution >= 4 is 23.8 Å². The summed E-state index contributed by atoms with van der Waals surface area (Å²) >= 11 is 0. The van der Waals surface area contributed by atoms with E-state index in [1.165, 1.54) is 0 Å². The molecule has 0 aliphatic carbocycles. The molecule has 0 fully saturated rings. The number of aromatic nitrogens is 2. The zero-order valence-electron chi connectivity index (χ0n) is 6.76. The third-order valence-corrected chi connectivity index (χ3v) is 1.94. The predicted molar refractivity (Wildman–Crippen MR) is 48.7 cm³/mol. The fourth-order valence-electron chi connectivity index (χ4n) is 1.25. The number of nitrogens with zero attached hydrogens (tertiary/aromatic N) is 1. The number of fused-ring (bicyclic) bond motifs is 1. The third kappa shape index (κ3) is 0.997. The lowest BCUT2D eigenvalue weighted by Crippen LogP contribution is -2.16. The van der Waals surface area contributed by atoms with Gasteiger partial charge in [0.15, 0.2) is 7.28 Å². The Kier molecular flexibility index (Phi) is 1.61. The van der Waals surface area contributed by atoms with Crippen molar-refractivity contribution < 1.29 is 4.39 Å². The van der Waals surface area contributed by atoms with Gasteiger partial charge >= 0.3 is 0 Å². The molecular formula is C8H8BFN2. The number of aromatic amines is 1. The SMILES string of the molecule is CBc1cc2cc[nH]c2nc1F. The van der Waals surface area contributed by atoms with Gasteiger partial charge in [0, 0.05) is 11.6 Å². The van der Waals surface area contributed by atoms with Gasteiger partial charge in [0.05, 0.1) is 0 Å². The maximum atomic E-state index is 13.1. The van der Waals surface area contributed by atoms with E-state index in [9.17, 15) is 4.39 Å². The summed E-state index contributed by atoms with van der Waals surface area (Å²) in [6.45, 7) is 1.92. The fourth-order valence-corrected chi connectivity index (χ4v) is 1.25. The van der Waals surface area contributed by atoms with Gasteiger partial charge in [-0.15, -0.1) is 0 Å². The second-order valence-corrected chi connectivity index (χ2v) is 2.71. The Morgan fingerprint density at radius 3 is 3.17 bits per heavy atom. The lowest BCUT2D eigenvalue weighted by Gasteiger charge is -1.96. The van der Waals surface area contributed by atoms with Crippen LogP contribution in [-0.4, -0.2) is 17.2 Å². The highest BCUT2D eigenvalue weighted by molar-refractivity contribution is 6.52. The highest BCUT2D eigenvalue weighted by Crippen LogP contribution is 2.07. The summed E-state index contributed by atoms with van der Waals surface area (Å²) in [5.74, 6) is -0.368. The molecule has 0 amide bonds. The van der Waals surface area contributed by atoms with E-state index in [2.05, 4.69) is 9.97 Å². The number of hydrogen-bond donors (Lipinski definition) is 1. The van der Waals surface area contributed by atoms with E-state index in [-0.39, 0.29) is 5.95 Å². The molecule has 0 unspecified atom stereocenters. The quantitative estimate of drug-likeness (QED) is 0.487. The van der Waals surface area contributed by atoms with Crippen LogP contribution in [0.25, 0.3) is 11.0 Å². The summed E-state index contributed by atoms with van der Waals surface area (Å²) < 4.78 is 13.1. The monoisotopic (exact) mass is 162 g/mol. The topological polar surface area (TPSA) is 28.7 Å². The molecule has 0 aliphatic rings. The lowest BCUT2D eigenvalue weighted by atomic mass is 9.74. The molecule has 0 aliphatic heterocycles. The molecule has 1 N–H and O–H groups in total. The maximum absolute atomic E-state index is 13.1. The average molecular weight is 162 g/mol. The van der Waals surface area contributed by atoms with Gasteiger partial charge in [-0.1, -0.05) is 12.9 Å². The fraction of sp³-hybridized carbons (Fsp3) is 0.125. The molecule has 2 rings (SSSR count). The first-order valence-corrected chi connectivity index (χ1v) is 3.93. The van der Waals surface area contributed by atoms with Crippen LogP contribution in [0.1, 0.15) is 0 Å². The molecule has 2 aromatic heterocycles. The van der Waals surface area contributed by atoms with Gasteiger partial charge in [0.1, 0.15) is 5.65 Å². The highest BCUT2D eigenvalue weighted by Gasteiger charge is 2.04. The Balaban J connectivity index is 2.73. The number of nitrogens with one attached hydrogen (secondary N) is 1. The Hall–Kier alpha value is -1.32. The summed E-state index contributed by atoms with van der Waals surface area (Å²) in [5.41, 5.74) is 1.28. The van der Waals surface area contributed by atoms with Crippen molar-refractivity contribution in [3.8, 4) is 0 Å². The molecule has 0 saturated heterocycles. The van der Waals surface area contributed by atoms with Crippen LogP contribution < -0.4 is 5.46 Å². The summed E-state index contributed by atoms with van der Waals surface area (Å²) in [7, 11) is 0.681. The van der Waals surface area contributed by atoms with Crippen LogP contribution in [0.5, 0.6) is 0 Å². The number of hydrogen-bond acceptors (Lipinski definition) is 1. The molecule has 60 valence electrons. The van der Waals surface area contributed by atoms with Crippen molar-refractivity contribution in [2.45, 2.75) is 6.82 Å². The zero-order valence-corrected chi connectivity index (χ0v) is 6.76. The molecule has 12 heavy (non-hydrogen) atoms. The average Bonchev–Trinajstić information content (AvgIpc) is 2.49. The molecule has 4 heteroatoms. The predicted octanol–water partition coefficient (Wildman–Crippen LogP) is 0.812. The first kappa shape index (κ1) is 7.34. The Labute approximate surface area is 70.1 Å². The summed E-state index contributed by atoms with van der Waals surface area (Å²) in [4.78, 5) is 6.64. The smallest absolute Gasteiger partial charge is 0.208 e. The van der Waals surface area contributed by atoms with Crippen LogP contribution in [0.3, 0.4) is 0 Å². The van der Waals surface area contributed by atoms with Crippen LogP contribution in [0.4, 0.5) is 4.39 Å². The maximum Gasteiger partial charge on any atom is 0.208 e. The number of H-pyrrole nitrogens is 1. The lowest BCUT2D eigenvalue weighted by molar-refractivity contribution is 0.596. The van der Waals surface area contributed by atoms with E-state index in [0.29, 0.717) is 18.4 Å². The number of rotatable bonds is 1. The second-order valence-electron chi connectivity index (χ2n) is 2.71. The molecule has 0 atom stereocenters. The van der Waals surface area contributed by atoms with Gasteiger partial charge in [-0.2, -0.15) is 4.39 Å². The Morgan fingerprint density at radius 1 is 1.58 bits per heavy atom. The van der Waals surface area contributed by atoms with Crippen LogP contribution in [0.15, 0.2) is 18.3 Å². The minimum atomic E-state index is -0.368. The van der Waals surface area contributed by atoms with Gasteiger partial charge in [0.25, 0.3) is 0 Å². The minimum absolute atomic E-state index is 0.368. The van der Waals surface area contributed by atoms with Gasteiger partial charge in [-0.25, -0.2) is 4.98 Å². The van der Waals surface area contributed by atoms with Gasteiger partial charge in [0.2, 0.25) is 5.95 Å². The Morgan fingerprint density at radius 2 is 2.42 bits per heavy atom. The van der Waals surface area contributed by atoms with Crippen LogP contribution >= 0.6 is 0 Å². The van der Waals surface area contributed by atoms with Crippen LogP contribution in [0, 0.1) is 5.95 Å². The van der Waals surface area contributed by atoms with E-state index >= 15 is 0 Å². The summed E-state index contributed by atoms with van der Waals surface area (Å²) in [6, 6.07) is 3.72. The molecule has 0 bridgehead atoms. The second kappa shape index (κ2) is 2.62. The number of halogens is 1. The van der Waals surface area contributed by atoms with Gasteiger partial charge in [-0.3, -0.25) is 0 Å². The molecule has 0 saturated carbocycles. The minimum Gasteiger partial charge on any atom is -0.346 e. The first-order valence-electron chi connectivity index (χ1n) is 3.93. The van der Waals surface area contributed by atoms with Crippen molar-refractivity contribution in [2.75, 3.05) is 0 Å². The molecule has 0 aromatic carbocycles. The van der Waals surface area contributed by atoms with E-state index in [0.717, 1.165) is 5.39 Å². The number of pyridine rings is 1.